The highest BCUT2D eigenvalue weighted by molar-refractivity contribution is 7.80. The standard InChI is InChI=1S/C12H16N2O2S2/c1-12(2,3)16-11(15)14-10-13-8-9(18-10)6-4-5-7-17/h8,17H,5,7H2,1-3H3,(H,13,14,15). The van der Waals surface area contributed by atoms with E-state index in [1.165, 1.54) is 11.3 Å². The number of amides is 1. The van der Waals surface area contributed by atoms with E-state index in [9.17, 15) is 4.79 Å². The second kappa shape index (κ2) is 6.66. The first-order chi connectivity index (χ1) is 8.40. The first-order valence-corrected chi connectivity index (χ1v) is 6.91. The van der Waals surface area contributed by atoms with Gasteiger partial charge in [0.2, 0.25) is 0 Å². The maximum atomic E-state index is 11.5. The SMILES string of the molecule is CC(C)(C)OC(=O)Nc1ncc(C#CCCS)s1. The Bertz CT molecular complexity index is 466. The first kappa shape index (κ1) is 14.9. The van der Waals surface area contributed by atoms with Crippen LogP contribution in [-0.4, -0.2) is 22.4 Å². The number of rotatable bonds is 2. The molecular formula is C12H16N2O2S2. The predicted molar refractivity (Wildman–Crippen MR) is 77.3 cm³/mol. The van der Waals surface area contributed by atoms with Gasteiger partial charge < -0.3 is 4.74 Å². The Morgan fingerprint density at radius 3 is 2.94 bits per heavy atom. The van der Waals surface area contributed by atoms with E-state index in [2.05, 4.69) is 34.8 Å². The van der Waals surface area contributed by atoms with Crippen LogP contribution in [0.25, 0.3) is 0 Å². The van der Waals surface area contributed by atoms with Gasteiger partial charge in [-0.05, 0) is 20.8 Å². The van der Waals surface area contributed by atoms with Gasteiger partial charge in [-0.25, -0.2) is 9.78 Å². The van der Waals surface area contributed by atoms with Crippen molar-refractivity contribution < 1.29 is 9.53 Å². The van der Waals surface area contributed by atoms with Crippen LogP contribution in [0.15, 0.2) is 6.20 Å². The first-order valence-electron chi connectivity index (χ1n) is 5.46. The van der Waals surface area contributed by atoms with Crippen LogP contribution in [0.4, 0.5) is 9.93 Å². The predicted octanol–water partition coefficient (Wildman–Crippen LogP) is 3.16. The molecule has 0 aliphatic carbocycles. The van der Waals surface area contributed by atoms with Gasteiger partial charge in [0.15, 0.2) is 5.13 Å². The van der Waals surface area contributed by atoms with Gasteiger partial charge in [0.25, 0.3) is 0 Å². The topological polar surface area (TPSA) is 51.2 Å². The Hall–Kier alpha value is -1.19. The maximum Gasteiger partial charge on any atom is 0.413 e. The lowest BCUT2D eigenvalue weighted by Gasteiger charge is -2.18. The summed E-state index contributed by atoms with van der Waals surface area (Å²) in [6.45, 7) is 5.42. The average molecular weight is 284 g/mol. The molecule has 0 spiro atoms. The van der Waals surface area contributed by atoms with Gasteiger partial charge in [0, 0.05) is 12.2 Å². The second-order valence-corrected chi connectivity index (χ2v) is 5.91. The minimum Gasteiger partial charge on any atom is -0.444 e. The fourth-order valence-electron chi connectivity index (χ4n) is 0.986. The molecule has 0 saturated carbocycles. The molecule has 0 aliphatic rings. The molecule has 0 aliphatic heterocycles. The number of thiazole rings is 1. The Morgan fingerprint density at radius 2 is 2.33 bits per heavy atom. The van der Waals surface area contributed by atoms with Crippen molar-refractivity contribution in [1.29, 1.82) is 0 Å². The zero-order valence-electron chi connectivity index (χ0n) is 10.6. The van der Waals surface area contributed by atoms with E-state index in [0.29, 0.717) is 5.13 Å². The van der Waals surface area contributed by atoms with Crippen molar-refractivity contribution in [2.45, 2.75) is 32.8 Å². The van der Waals surface area contributed by atoms with Crippen LogP contribution in [0.1, 0.15) is 32.1 Å². The van der Waals surface area contributed by atoms with Gasteiger partial charge in [-0.3, -0.25) is 5.32 Å². The summed E-state index contributed by atoms with van der Waals surface area (Å²) in [6, 6.07) is 0. The van der Waals surface area contributed by atoms with Crippen LogP contribution in [0.2, 0.25) is 0 Å². The number of nitrogens with zero attached hydrogens (tertiary/aromatic N) is 1. The number of anilines is 1. The summed E-state index contributed by atoms with van der Waals surface area (Å²) in [5.41, 5.74) is -0.517. The van der Waals surface area contributed by atoms with E-state index in [1.807, 2.05) is 20.8 Å². The van der Waals surface area contributed by atoms with E-state index >= 15 is 0 Å². The minimum absolute atomic E-state index is 0.486. The summed E-state index contributed by atoms with van der Waals surface area (Å²) in [5.74, 6) is 6.64. The summed E-state index contributed by atoms with van der Waals surface area (Å²) in [5, 5.41) is 3.06. The van der Waals surface area contributed by atoms with Gasteiger partial charge >= 0.3 is 6.09 Å². The third kappa shape index (κ3) is 5.94. The van der Waals surface area contributed by atoms with Crippen LogP contribution >= 0.6 is 24.0 Å². The number of aromatic nitrogens is 1. The lowest BCUT2D eigenvalue weighted by Crippen LogP contribution is -2.27. The van der Waals surface area contributed by atoms with Crippen LogP contribution in [0, 0.1) is 11.8 Å². The number of hydrogen-bond donors (Lipinski definition) is 2. The summed E-state index contributed by atoms with van der Waals surface area (Å²) in [4.78, 5) is 16.3. The maximum absolute atomic E-state index is 11.5. The van der Waals surface area contributed by atoms with Crippen LogP contribution in [-0.2, 0) is 4.74 Å². The molecule has 1 aromatic rings. The van der Waals surface area contributed by atoms with E-state index in [-0.39, 0.29) is 0 Å². The molecular weight excluding hydrogens is 268 g/mol. The molecule has 0 saturated heterocycles. The summed E-state index contributed by atoms with van der Waals surface area (Å²) >= 11 is 5.38. The highest BCUT2D eigenvalue weighted by Gasteiger charge is 2.16. The molecule has 0 unspecified atom stereocenters. The van der Waals surface area contributed by atoms with Gasteiger partial charge in [-0.15, -0.1) is 0 Å². The summed E-state index contributed by atoms with van der Waals surface area (Å²) in [6.07, 6.45) is 1.85. The quantitative estimate of drug-likeness (QED) is 0.648. The largest absolute Gasteiger partial charge is 0.444 e. The molecule has 0 bridgehead atoms. The fraction of sp³-hybridized carbons (Fsp3) is 0.500. The summed E-state index contributed by atoms with van der Waals surface area (Å²) < 4.78 is 5.12. The smallest absolute Gasteiger partial charge is 0.413 e. The Morgan fingerprint density at radius 1 is 1.61 bits per heavy atom. The van der Waals surface area contributed by atoms with Crippen molar-refractivity contribution in [3.05, 3.63) is 11.1 Å². The van der Waals surface area contributed by atoms with Crippen molar-refractivity contribution >= 4 is 35.2 Å². The molecule has 0 atom stereocenters. The number of ether oxygens (including phenoxy) is 1. The zero-order chi connectivity index (χ0) is 13.6. The highest BCUT2D eigenvalue weighted by Crippen LogP contribution is 2.18. The average Bonchev–Trinajstić information content (AvgIpc) is 2.63. The third-order valence-electron chi connectivity index (χ3n) is 1.56. The van der Waals surface area contributed by atoms with Crippen molar-refractivity contribution in [3.8, 4) is 11.8 Å². The molecule has 0 radical (unpaired) electrons. The van der Waals surface area contributed by atoms with E-state index in [4.69, 9.17) is 4.74 Å². The molecule has 18 heavy (non-hydrogen) atoms. The Balaban J connectivity index is 2.55. The lowest BCUT2D eigenvalue weighted by atomic mass is 10.2. The van der Waals surface area contributed by atoms with Crippen LogP contribution < -0.4 is 5.32 Å². The minimum atomic E-state index is -0.517. The van der Waals surface area contributed by atoms with Gasteiger partial charge in [0.05, 0.1) is 11.1 Å². The van der Waals surface area contributed by atoms with Crippen molar-refractivity contribution in [2.24, 2.45) is 0 Å². The molecule has 1 amide bonds. The molecule has 98 valence electrons. The lowest BCUT2D eigenvalue weighted by molar-refractivity contribution is 0.0636. The molecule has 1 rings (SSSR count). The third-order valence-corrected chi connectivity index (χ3v) is 2.61. The molecule has 4 nitrogen and oxygen atoms in total. The molecule has 1 aromatic heterocycles. The highest BCUT2D eigenvalue weighted by atomic mass is 32.1. The van der Waals surface area contributed by atoms with Crippen molar-refractivity contribution in [3.63, 3.8) is 0 Å². The fourth-order valence-corrected chi connectivity index (χ4v) is 1.77. The zero-order valence-corrected chi connectivity index (χ0v) is 12.3. The van der Waals surface area contributed by atoms with E-state index in [1.54, 1.807) is 6.20 Å². The number of thiol groups is 1. The van der Waals surface area contributed by atoms with E-state index in [0.717, 1.165) is 17.1 Å². The molecule has 1 heterocycles. The molecule has 0 fully saturated rings. The monoisotopic (exact) mass is 284 g/mol. The molecule has 0 aromatic carbocycles. The van der Waals surface area contributed by atoms with Gasteiger partial charge in [0.1, 0.15) is 5.60 Å². The van der Waals surface area contributed by atoms with Crippen LogP contribution in [0.3, 0.4) is 0 Å². The Labute approximate surface area is 117 Å². The number of carbonyl (C=O) groups is 1. The normalized spacial score (nSPS) is 10.4. The number of nitrogens with one attached hydrogen (secondary N) is 1. The molecule has 1 N–H and O–H groups in total. The van der Waals surface area contributed by atoms with Gasteiger partial charge in [-0.1, -0.05) is 23.2 Å². The van der Waals surface area contributed by atoms with E-state index < -0.39 is 11.7 Å². The van der Waals surface area contributed by atoms with Crippen molar-refractivity contribution in [2.75, 3.05) is 11.1 Å². The second-order valence-electron chi connectivity index (χ2n) is 4.43. The summed E-state index contributed by atoms with van der Waals surface area (Å²) in [7, 11) is 0. The Kier molecular flexibility index (Phi) is 5.51. The molecule has 6 heteroatoms. The van der Waals surface area contributed by atoms with Gasteiger partial charge in [-0.2, -0.15) is 12.6 Å². The number of hydrogen-bond acceptors (Lipinski definition) is 5. The number of carbonyl (C=O) groups excluding carboxylic acids is 1. The van der Waals surface area contributed by atoms with Crippen LogP contribution in [0.5, 0.6) is 0 Å². The van der Waals surface area contributed by atoms with Crippen molar-refractivity contribution in [1.82, 2.24) is 4.98 Å².